The molecule has 0 aliphatic heterocycles. The molecule has 11 rings (SSSR count). The summed E-state index contributed by atoms with van der Waals surface area (Å²) in [7, 11) is 0. The van der Waals surface area contributed by atoms with Crippen molar-refractivity contribution < 1.29 is 137 Å². The number of rotatable bonds is 44. The Labute approximate surface area is 815 Å². The molecule has 11 aliphatic rings. The molecule has 8 bridgehead atoms. The van der Waals surface area contributed by atoms with Gasteiger partial charge in [-0.1, -0.05) is 115 Å². The molecule has 0 heterocycles. The van der Waals surface area contributed by atoms with Gasteiger partial charge in [-0.3, -0.25) is 0 Å². The lowest BCUT2D eigenvalue weighted by Gasteiger charge is -2.78. The van der Waals surface area contributed by atoms with Gasteiger partial charge in [0.05, 0.1) is 104 Å². The summed E-state index contributed by atoms with van der Waals surface area (Å²) in [6, 6.07) is 0. The Hall–Kier alpha value is -3.56. The minimum Gasteiger partial charge on any atom is -0.459 e. The highest BCUT2D eigenvalue weighted by atomic mass is 19.4. The summed E-state index contributed by atoms with van der Waals surface area (Å²) in [6.07, 6.45) is -5.10. The number of halogens is 9. The van der Waals surface area contributed by atoms with Crippen LogP contribution in [0.2, 0.25) is 0 Å². The normalized spacial score (nSPS) is 30.3. The molecule has 137 heavy (non-hydrogen) atoms. The van der Waals surface area contributed by atoms with E-state index in [1.807, 2.05) is 104 Å². The Morgan fingerprint density at radius 3 is 0.810 bits per heavy atom. The van der Waals surface area contributed by atoms with Crippen LogP contribution in [0.4, 0.5) is 39.5 Å². The maximum absolute atomic E-state index is 13.9. The molecule has 0 saturated heterocycles. The van der Waals surface area contributed by atoms with Gasteiger partial charge >= 0.3 is 36.4 Å². The van der Waals surface area contributed by atoms with Gasteiger partial charge in [-0.05, 0) is 349 Å². The van der Waals surface area contributed by atoms with Gasteiger partial charge in [0.2, 0.25) is 0 Å². The molecule has 798 valence electrons. The van der Waals surface area contributed by atoms with Crippen LogP contribution in [0.1, 0.15) is 427 Å². The fraction of sp³-hybridized carbons (Fsp3) is 0.917. The highest BCUT2D eigenvalue weighted by molar-refractivity contribution is 5.88. The second kappa shape index (κ2) is 41.6. The Kier molecular flexibility index (Phi) is 36.6. The number of esters is 3. The van der Waals surface area contributed by atoms with Crippen molar-refractivity contribution in [2.45, 2.75) is 584 Å². The van der Waals surface area contributed by atoms with Crippen LogP contribution in [0.3, 0.4) is 0 Å². The van der Waals surface area contributed by atoms with Gasteiger partial charge in [0.15, 0.2) is 5.60 Å². The fourth-order valence-electron chi connectivity index (χ4n) is 28.4. The summed E-state index contributed by atoms with van der Waals surface area (Å²) in [5.41, 5.74) is -22.2. The largest absolute Gasteiger partial charge is 0.459 e. The minimum absolute atomic E-state index is 0.00932. The van der Waals surface area contributed by atoms with E-state index in [0.717, 1.165) is 90.4 Å². The standard InChI is InChI=1S/C44H80O8.C34H60O6.C30H43F9O6/c1-18-42(19-2,49-31(9)35(12,13)46)38-24-39(43(20-3,21-4)50-32(10)36(14,15)47)26-40(25-38,29-41(27-38,28-39)52-34(45)30(7)8)44(22-5,23-6)51-33(11)37(16,17)48;1-13-33(14-2,38-24(7)28(9,10)36)30-17-26-18-31(20-30,22-32(19-26,21-30)40-27(35)23(5)6)34(15-3,16-4)39-25(8)29(11,12)37;1-17(2)23(40)43-22-15-20(25(10-6-7-11-25)44-18(3)24(5,41)28(31,32)33)14-21(16-22)26(12-8-9-13-26)45-19(4)27(42,29(34,35)36)30(37,38)39/h31-33,46-48H,7,18-29H2,1-6,8-17H3;24-26,36-37H,5,13-22H2,1-4,6-12H3;18-22,41-42H,1,6-16H2,2-5H3. The molecule has 0 amide bonds. The molecule has 0 spiro atoms. The number of carbonyl (C=O) groups is 3. The molecule has 11 fully saturated rings. The minimum atomic E-state index is -6.12. The summed E-state index contributed by atoms with van der Waals surface area (Å²) >= 11 is 0. The van der Waals surface area contributed by atoms with Crippen LogP contribution in [0, 0.1) is 44.8 Å². The van der Waals surface area contributed by atoms with Crippen molar-refractivity contribution in [2.75, 3.05) is 0 Å². The number of hydrogen-bond donors (Lipinski definition) is 7. The fourth-order valence-corrected chi connectivity index (χ4v) is 28.4. The summed E-state index contributed by atoms with van der Waals surface area (Å²) in [5.74, 6) is -2.59. The number of ether oxygens (including phenoxy) is 10. The van der Waals surface area contributed by atoms with Gasteiger partial charge in [0.1, 0.15) is 23.4 Å². The lowest BCUT2D eigenvalue weighted by atomic mass is 9.30. The number of carbonyl (C=O) groups excluding carboxylic acids is 3. The zero-order valence-electron chi connectivity index (χ0n) is 89.6. The monoisotopic (exact) mass is 1970 g/mol. The van der Waals surface area contributed by atoms with Crippen molar-refractivity contribution in [3.63, 3.8) is 0 Å². The second-order valence-corrected chi connectivity index (χ2v) is 48.1. The summed E-state index contributed by atoms with van der Waals surface area (Å²) in [6.45, 7) is 68.5. The molecule has 11 aliphatic carbocycles. The molecule has 29 heteroatoms. The Bertz CT molecular complexity index is 3850. The van der Waals surface area contributed by atoms with Crippen LogP contribution in [0.5, 0.6) is 0 Å². The maximum Gasteiger partial charge on any atom is 0.428 e. The molecule has 20 nitrogen and oxygen atoms in total. The summed E-state index contributed by atoms with van der Waals surface area (Å²) < 4.78 is 191. The van der Waals surface area contributed by atoms with E-state index >= 15 is 0 Å². The van der Waals surface area contributed by atoms with E-state index < -0.39 is 179 Å². The first-order valence-corrected chi connectivity index (χ1v) is 51.8. The third-order valence-corrected chi connectivity index (χ3v) is 37.2. The van der Waals surface area contributed by atoms with Gasteiger partial charge in [-0.15, -0.1) is 0 Å². The Morgan fingerprint density at radius 1 is 0.328 bits per heavy atom. The first kappa shape index (κ1) is 120. The van der Waals surface area contributed by atoms with Crippen LogP contribution in [-0.2, 0) is 61.8 Å². The van der Waals surface area contributed by atoms with Crippen molar-refractivity contribution in [2.24, 2.45) is 44.8 Å². The molecular weight excluding hydrogens is 1790 g/mol. The lowest BCUT2D eigenvalue weighted by molar-refractivity contribution is -0.401. The SMILES string of the molecule is C=C(C)C(=O)OC12CC3(C(CC)(CC)OC(C)C(C)(C)O)CC(C(CC)(CC)OC(C)C(C)(C)O)(C1)CC(C(CC)(CC)OC(C)C(C)(C)O)(C2)C3.C=C(C)C(=O)OC12CC3CC(C(CC)(CC)OC(C)C(C)(C)O)(C1)CC(C(CC)(CC)OC(C)C(C)(C)O)(C3)C2.C=C(C)C(=O)OC1CC(C2(OC(C)C(C)(O)C(F)(F)F)CCCC2)CC(C2(OC(C)C(O)(C(F)(F)F)C(F)(F)F)CCCC2)C1. The van der Waals surface area contributed by atoms with Crippen molar-refractivity contribution >= 4 is 17.9 Å². The molecule has 0 aromatic carbocycles. The number of aliphatic hydroxyl groups is 7. The van der Waals surface area contributed by atoms with E-state index in [1.165, 1.54) is 6.92 Å². The van der Waals surface area contributed by atoms with Gasteiger partial charge in [-0.25, -0.2) is 14.4 Å². The topological polar surface area (TPSA) is 285 Å². The van der Waals surface area contributed by atoms with E-state index in [-0.39, 0.29) is 85.5 Å². The third kappa shape index (κ3) is 23.1. The van der Waals surface area contributed by atoms with Crippen molar-refractivity contribution in [3.8, 4) is 0 Å². The number of hydrogen-bond acceptors (Lipinski definition) is 20. The van der Waals surface area contributed by atoms with Gasteiger partial charge in [-0.2, -0.15) is 39.5 Å². The zero-order valence-corrected chi connectivity index (χ0v) is 89.6. The van der Waals surface area contributed by atoms with Crippen LogP contribution in [-0.4, -0.2) is 211 Å². The smallest absolute Gasteiger partial charge is 0.428 e. The van der Waals surface area contributed by atoms with Crippen LogP contribution in [0.15, 0.2) is 36.5 Å². The highest BCUT2D eigenvalue weighted by Crippen LogP contribution is 2.82. The van der Waals surface area contributed by atoms with Crippen molar-refractivity contribution in [1.29, 1.82) is 0 Å². The average Bonchev–Trinajstić information content (AvgIpc) is 1.06. The van der Waals surface area contributed by atoms with Crippen molar-refractivity contribution in [1.82, 2.24) is 0 Å². The number of alkyl halides is 9. The van der Waals surface area contributed by atoms with E-state index in [4.69, 9.17) is 47.4 Å². The summed E-state index contributed by atoms with van der Waals surface area (Å²) in [5, 5.41) is 76.3. The molecule has 7 N–H and O–H groups in total. The van der Waals surface area contributed by atoms with Crippen LogP contribution >= 0.6 is 0 Å². The van der Waals surface area contributed by atoms with E-state index in [0.29, 0.717) is 114 Å². The predicted molar refractivity (Wildman–Crippen MR) is 512 cm³/mol. The van der Waals surface area contributed by atoms with E-state index in [1.54, 1.807) is 13.8 Å². The summed E-state index contributed by atoms with van der Waals surface area (Å²) in [4.78, 5) is 39.7. The van der Waals surface area contributed by atoms with Crippen LogP contribution in [0.25, 0.3) is 0 Å². The van der Waals surface area contributed by atoms with Gasteiger partial charge in [0, 0.05) is 43.8 Å². The average molecular weight is 1970 g/mol. The lowest BCUT2D eigenvalue weighted by Crippen LogP contribution is -2.78. The third-order valence-electron chi connectivity index (χ3n) is 37.2. The molecule has 0 aromatic heterocycles. The Morgan fingerprint density at radius 2 is 0.569 bits per heavy atom. The van der Waals surface area contributed by atoms with Gasteiger partial charge in [0.25, 0.3) is 5.60 Å². The van der Waals surface area contributed by atoms with Crippen LogP contribution < -0.4 is 0 Å². The molecular formula is C108H183F9O20. The highest BCUT2D eigenvalue weighted by Gasteiger charge is 2.82. The van der Waals surface area contributed by atoms with Crippen molar-refractivity contribution in [3.05, 3.63) is 36.5 Å². The molecule has 11 saturated carbocycles. The quantitative estimate of drug-likeness (QED) is 0.0129. The molecule has 0 radical (unpaired) electrons. The molecule has 0 aromatic rings. The second-order valence-electron chi connectivity index (χ2n) is 48.1. The van der Waals surface area contributed by atoms with E-state index in [9.17, 15) is 89.6 Å². The Balaban J connectivity index is 0.000000282. The van der Waals surface area contributed by atoms with Gasteiger partial charge < -0.3 is 83.1 Å². The maximum atomic E-state index is 13.9. The zero-order chi connectivity index (χ0) is 105. The molecule has 13 atom stereocenters. The molecule has 13 unspecified atom stereocenters. The predicted octanol–water partition coefficient (Wildman–Crippen LogP) is 24.2. The van der Waals surface area contributed by atoms with E-state index in [2.05, 4.69) is 89.0 Å². The first-order valence-electron chi connectivity index (χ1n) is 51.8. The first-order chi connectivity index (χ1) is 62.1.